The van der Waals surface area contributed by atoms with Gasteiger partial charge in [-0.1, -0.05) is 6.08 Å². The van der Waals surface area contributed by atoms with Gasteiger partial charge >= 0.3 is 5.97 Å². The van der Waals surface area contributed by atoms with Gasteiger partial charge in [-0.3, -0.25) is 8.96 Å². The summed E-state index contributed by atoms with van der Waals surface area (Å²) in [5.41, 5.74) is 2.93. The largest absolute Gasteiger partial charge is 0.478 e. The first-order valence-corrected chi connectivity index (χ1v) is 5.74. The predicted octanol–water partition coefficient (Wildman–Crippen LogP) is 1.78. The normalized spacial score (nSPS) is 17.2. The molecule has 0 bridgehead atoms. The minimum absolute atomic E-state index is 0.259. The lowest BCUT2D eigenvalue weighted by atomic mass is 10.0. The topological polar surface area (TPSA) is 54.6 Å². The van der Waals surface area contributed by atoms with E-state index in [1.54, 1.807) is 18.2 Å². The number of hydrogen-bond acceptors (Lipinski definition) is 3. The monoisotopic (exact) mass is 232 g/mol. The Balaban J connectivity index is 2.27. The summed E-state index contributed by atoms with van der Waals surface area (Å²) in [4.78, 5) is 15.2. The molecule has 0 unspecified atom stereocenters. The fourth-order valence-electron chi connectivity index (χ4n) is 1.88. The van der Waals surface area contributed by atoms with E-state index in [1.165, 1.54) is 6.20 Å². The Labute approximate surface area is 96.1 Å². The maximum absolute atomic E-state index is 11.1. The molecule has 1 N–H and O–H groups in total. The molecule has 5 heteroatoms. The van der Waals surface area contributed by atoms with Gasteiger partial charge in [0.05, 0.1) is 11.3 Å². The first-order chi connectivity index (χ1) is 7.77. The molecule has 1 aromatic heterocycles. The molecule has 0 saturated carbocycles. The van der Waals surface area contributed by atoms with E-state index in [1.807, 2.05) is 22.3 Å². The van der Waals surface area contributed by atoms with Gasteiger partial charge in [-0.2, -0.15) is 0 Å². The quantitative estimate of drug-likeness (QED) is 0.803. The number of rotatable bonds is 1. The minimum atomic E-state index is -0.934. The van der Waals surface area contributed by atoms with E-state index in [4.69, 9.17) is 5.11 Å². The summed E-state index contributed by atoms with van der Waals surface area (Å²) in [7, 11) is 0. The summed E-state index contributed by atoms with van der Waals surface area (Å²) in [6.07, 6.45) is 6.99. The number of aliphatic imine (C=N–C) groups is 1. The lowest BCUT2D eigenvalue weighted by Crippen LogP contribution is -2.09. The molecule has 0 spiro atoms. The summed E-state index contributed by atoms with van der Waals surface area (Å²) in [6.45, 7) is 0. The number of aliphatic carboxylic acids is 1. The van der Waals surface area contributed by atoms with Crippen LogP contribution in [0.1, 0.15) is 11.3 Å². The molecular formula is C11H8N2O2S. The van der Waals surface area contributed by atoms with Gasteiger partial charge < -0.3 is 5.11 Å². The number of aromatic nitrogens is 1. The molecular weight excluding hydrogens is 224 g/mol. The highest BCUT2D eigenvalue weighted by Gasteiger charge is 2.24. The Morgan fingerprint density at radius 1 is 1.56 bits per heavy atom. The molecule has 2 aliphatic rings. The van der Waals surface area contributed by atoms with Crippen LogP contribution in [-0.2, 0) is 4.79 Å². The molecule has 0 saturated heterocycles. The van der Waals surface area contributed by atoms with E-state index in [0.29, 0.717) is 0 Å². The molecule has 0 amide bonds. The molecule has 0 aliphatic carbocycles. The second-order valence-corrected chi connectivity index (χ2v) is 4.47. The smallest absolute Gasteiger partial charge is 0.337 e. The second-order valence-electron chi connectivity index (χ2n) is 3.49. The molecule has 0 fully saturated rings. The molecule has 4 nitrogen and oxygen atoms in total. The van der Waals surface area contributed by atoms with Crippen LogP contribution in [0.25, 0.3) is 5.57 Å². The highest BCUT2D eigenvalue weighted by Crippen LogP contribution is 2.34. The molecule has 80 valence electrons. The van der Waals surface area contributed by atoms with Crippen molar-refractivity contribution in [2.75, 3.05) is 5.75 Å². The number of carboxylic acid groups (broad SMARTS) is 1. The first kappa shape index (κ1) is 9.47. The van der Waals surface area contributed by atoms with Crippen molar-refractivity contribution in [3.8, 4) is 0 Å². The van der Waals surface area contributed by atoms with Crippen LogP contribution in [0, 0.1) is 0 Å². The lowest BCUT2D eigenvalue weighted by Gasteiger charge is -2.16. The molecule has 16 heavy (non-hydrogen) atoms. The SMILES string of the molecule is O=C(O)C1=CN=Cc2ccn3c2C1=CCS3. The van der Waals surface area contributed by atoms with E-state index in [0.717, 1.165) is 22.6 Å². The fraction of sp³-hybridized carbons (Fsp3) is 0.0909. The van der Waals surface area contributed by atoms with Crippen LogP contribution >= 0.6 is 11.9 Å². The van der Waals surface area contributed by atoms with Gasteiger partial charge in [0.25, 0.3) is 0 Å². The zero-order valence-corrected chi connectivity index (χ0v) is 9.07. The Hall–Kier alpha value is -1.75. The Kier molecular flexibility index (Phi) is 2.00. The van der Waals surface area contributed by atoms with E-state index in [-0.39, 0.29) is 5.57 Å². The van der Waals surface area contributed by atoms with Gasteiger partial charge in [0.1, 0.15) is 0 Å². The van der Waals surface area contributed by atoms with Gasteiger partial charge in [0, 0.05) is 35.5 Å². The van der Waals surface area contributed by atoms with E-state index in [2.05, 4.69) is 4.99 Å². The third-order valence-corrected chi connectivity index (χ3v) is 3.48. The summed E-state index contributed by atoms with van der Waals surface area (Å²) in [6, 6.07) is 1.95. The molecule has 0 aromatic carbocycles. The van der Waals surface area contributed by atoms with Crippen molar-refractivity contribution < 1.29 is 9.90 Å². The summed E-state index contributed by atoms with van der Waals surface area (Å²) >= 11 is 1.64. The average molecular weight is 232 g/mol. The van der Waals surface area contributed by atoms with E-state index < -0.39 is 5.97 Å². The van der Waals surface area contributed by atoms with Gasteiger partial charge in [-0.25, -0.2) is 4.79 Å². The van der Waals surface area contributed by atoms with Gasteiger partial charge in [-0.15, -0.1) is 0 Å². The number of carbonyl (C=O) groups is 1. The minimum Gasteiger partial charge on any atom is -0.478 e. The summed E-state index contributed by atoms with van der Waals surface area (Å²) < 4.78 is 2.00. The van der Waals surface area contributed by atoms with Crippen molar-refractivity contribution in [2.24, 2.45) is 4.99 Å². The van der Waals surface area contributed by atoms with E-state index in [9.17, 15) is 4.79 Å². The Bertz CT molecular complexity index is 567. The van der Waals surface area contributed by atoms with Gasteiger partial charge in [-0.05, 0) is 18.0 Å². The van der Waals surface area contributed by atoms with Crippen molar-refractivity contribution >= 4 is 29.7 Å². The number of hydrogen-bond donors (Lipinski definition) is 1. The number of carboxylic acids is 1. The van der Waals surface area contributed by atoms with Crippen LogP contribution in [0.5, 0.6) is 0 Å². The van der Waals surface area contributed by atoms with Crippen LogP contribution in [-0.4, -0.2) is 27.0 Å². The maximum Gasteiger partial charge on any atom is 0.337 e. The van der Waals surface area contributed by atoms with Crippen LogP contribution in [0.3, 0.4) is 0 Å². The fourth-order valence-corrected chi connectivity index (χ4v) is 2.76. The Morgan fingerprint density at radius 2 is 2.44 bits per heavy atom. The highest BCUT2D eigenvalue weighted by atomic mass is 32.2. The lowest BCUT2D eigenvalue weighted by molar-refractivity contribution is -0.132. The zero-order chi connectivity index (χ0) is 11.1. The Morgan fingerprint density at radius 3 is 3.25 bits per heavy atom. The maximum atomic E-state index is 11.1. The standard InChI is InChI=1S/C11H8N2O2S/c14-11(15)9-6-12-5-7-1-3-13-10(7)8(9)2-4-16-13/h1-3,5-6H,4H2,(H,14,15). The van der Waals surface area contributed by atoms with Crippen LogP contribution < -0.4 is 0 Å². The van der Waals surface area contributed by atoms with Gasteiger partial charge in [0.2, 0.25) is 0 Å². The number of nitrogens with zero attached hydrogens (tertiary/aromatic N) is 2. The van der Waals surface area contributed by atoms with E-state index >= 15 is 0 Å². The zero-order valence-electron chi connectivity index (χ0n) is 8.25. The third-order valence-electron chi connectivity index (χ3n) is 2.58. The van der Waals surface area contributed by atoms with Crippen molar-refractivity contribution in [3.05, 3.63) is 41.4 Å². The average Bonchev–Trinajstić information content (AvgIpc) is 2.56. The van der Waals surface area contributed by atoms with Crippen molar-refractivity contribution in [3.63, 3.8) is 0 Å². The first-order valence-electron chi connectivity index (χ1n) is 4.79. The van der Waals surface area contributed by atoms with Crippen LogP contribution in [0.2, 0.25) is 0 Å². The third kappa shape index (κ3) is 1.25. The van der Waals surface area contributed by atoms with Crippen molar-refractivity contribution in [2.45, 2.75) is 0 Å². The molecule has 3 heterocycles. The molecule has 1 aromatic rings. The van der Waals surface area contributed by atoms with Gasteiger partial charge in [0.15, 0.2) is 0 Å². The second kappa shape index (κ2) is 3.38. The summed E-state index contributed by atoms with van der Waals surface area (Å²) in [5, 5.41) is 9.14. The molecule has 0 radical (unpaired) electrons. The van der Waals surface area contributed by atoms with Crippen molar-refractivity contribution in [1.82, 2.24) is 3.97 Å². The molecule has 2 aliphatic heterocycles. The van der Waals surface area contributed by atoms with Crippen LogP contribution in [0.15, 0.2) is 35.1 Å². The van der Waals surface area contributed by atoms with Crippen molar-refractivity contribution in [1.29, 1.82) is 0 Å². The highest BCUT2D eigenvalue weighted by molar-refractivity contribution is 7.98. The van der Waals surface area contributed by atoms with Crippen LogP contribution in [0.4, 0.5) is 0 Å². The molecule has 3 rings (SSSR count). The predicted molar refractivity (Wildman–Crippen MR) is 63.6 cm³/mol. The summed E-state index contributed by atoms with van der Waals surface area (Å²) in [5.74, 6) is -0.156. The molecule has 0 atom stereocenters.